The number of thioether (sulfide) groups is 1. The smallest absolute Gasteiger partial charge is 0.278 e. The lowest BCUT2D eigenvalue weighted by Crippen LogP contribution is -2.24. The van der Waals surface area contributed by atoms with Crippen LogP contribution in [-0.4, -0.2) is 31.8 Å². The van der Waals surface area contributed by atoms with Crippen LogP contribution in [0.5, 0.6) is 5.75 Å². The number of hydrogen-bond donors (Lipinski definition) is 1. The summed E-state index contributed by atoms with van der Waals surface area (Å²) in [5, 5.41) is 4.75. The Bertz CT molecular complexity index is 1900. The average Bonchev–Trinajstić information content (AvgIpc) is 3.66. The third-order valence-electron chi connectivity index (χ3n) is 7.16. The largest absolute Gasteiger partial charge is 0.496 e. The van der Waals surface area contributed by atoms with Crippen LogP contribution in [-0.2, 0) is 17.7 Å². The SMILES string of the molecule is COc1ccccc1Cn1c(SCc2nc(-c3ccc(C(C)(C)C)cc3)no2)nc2c(-c3ccccc3)c[nH]c2c1=O. The molecule has 6 aromatic rings. The van der Waals surface area contributed by atoms with E-state index in [1.807, 2.05) is 72.9 Å². The van der Waals surface area contributed by atoms with E-state index in [2.05, 4.69) is 48.0 Å². The molecule has 0 aliphatic carbocycles. The molecule has 0 radical (unpaired) electrons. The summed E-state index contributed by atoms with van der Waals surface area (Å²) in [7, 11) is 1.62. The van der Waals surface area contributed by atoms with Crippen LogP contribution in [0.25, 0.3) is 33.5 Å². The Kier molecular flexibility index (Phi) is 7.43. The van der Waals surface area contributed by atoms with Gasteiger partial charge in [0.25, 0.3) is 5.56 Å². The van der Waals surface area contributed by atoms with Crippen molar-refractivity contribution in [2.24, 2.45) is 0 Å². The van der Waals surface area contributed by atoms with Gasteiger partial charge in [0, 0.05) is 22.9 Å². The van der Waals surface area contributed by atoms with Crippen molar-refractivity contribution < 1.29 is 9.26 Å². The molecule has 0 amide bonds. The van der Waals surface area contributed by atoms with Crippen molar-refractivity contribution in [3.63, 3.8) is 0 Å². The van der Waals surface area contributed by atoms with Crippen LogP contribution in [0.1, 0.15) is 37.8 Å². The average molecular weight is 578 g/mol. The number of H-pyrrole nitrogens is 1. The summed E-state index contributed by atoms with van der Waals surface area (Å²) in [5.74, 6) is 2.03. The minimum atomic E-state index is -0.166. The highest BCUT2D eigenvalue weighted by Crippen LogP contribution is 2.30. The number of benzene rings is 3. The fraction of sp³-hybridized carbons (Fsp3) is 0.212. The maximum absolute atomic E-state index is 13.9. The van der Waals surface area contributed by atoms with Gasteiger partial charge >= 0.3 is 0 Å². The molecule has 0 atom stereocenters. The van der Waals surface area contributed by atoms with E-state index < -0.39 is 0 Å². The first-order valence-electron chi connectivity index (χ1n) is 13.7. The molecular formula is C33H31N5O3S. The maximum Gasteiger partial charge on any atom is 0.278 e. The molecule has 6 rings (SSSR count). The third-order valence-corrected chi connectivity index (χ3v) is 8.12. The van der Waals surface area contributed by atoms with Crippen LogP contribution in [0.2, 0.25) is 0 Å². The molecule has 0 aliphatic rings. The van der Waals surface area contributed by atoms with Crippen LogP contribution >= 0.6 is 11.8 Å². The summed E-state index contributed by atoms with van der Waals surface area (Å²) in [6.07, 6.45) is 1.84. The molecule has 3 aromatic heterocycles. The predicted octanol–water partition coefficient (Wildman–Crippen LogP) is 7.09. The fourth-order valence-corrected chi connectivity index (χ4v) is 5.67. The van der Waals surface area contributed by atoms with Crippen molar-refractivity contribution in [3.05, 3.63) is 112 Å². The summed E-state index contributed by atoms with van der Waals surface area (Å²) in [4.78, 5) is 26.7. The van der Waals surface area contributed by atoms with Gasteiger partial charge in [-0.2, -0.15) is 4.98 Å². The number of nitrogens with one attached hydrogen (secondary N) is 1. The summed E-state index contributed by atoms with van der Waals surface area (Å²) >= 11 is 1.38. The zero-order valence-electron chi connectivity index (χ0n) is 23.9. The zero-order chi connectivity index (χ0) is 29.3. The first kappa shape index (κ1) is 27.5. The molecule has 0 spiro atoms. The lowest BCUT2D eigenvalue weighted by molar-refractivity contribution is 0.391. The number of hydrogen-bond acceptors (Lipinski definition) is 7. The number of ether oxygens (including phenoxy) is 1. The number of para-hydroxylation sites is 1. The topological polar surface area (TPSA) is 98.8 Å². The quantitative estimate of drug-likeness (QED) is 0.152. The van der Waals surface area contributed by atoms with Gasteiger partial charge in [0.1, 0.15) is 16.8 Å². The van der Waals surface area contributed by atoms with Gasteiger partial charge in [-0.05, 0) is 22.6 Å². The number of fused-ring (bicyclic) bond motifs is 1. The van der Waals surface area contributed by atoms with Crippen LogP contribution in [0.15, 0.2) is 99.5 Å². The predicted molar refractivity (Wildman–Crippen MR) is 166 cm³/mol. The van der Waals surface area contributed by atoms with Crippen molar-refractivity contribution in [1.82, 2.24) is 24.7 Å². The molecule has 0 bridgehead atoms. The fourth-order valence-electron chi connectivity index (χ4n) is 4.84. The normalized spacial score (nSPS) is 11.7. The first-order chi connectivity index (χ1) is 20.3. The molecule has 1 N–H and O–H groups in total. The molecule has 0 unspecified atom stereocenters. The van der Waals surface area contributed by atoms with Crippen LogP contribution in [0, 0.1) is 0 Å². The summed E-state index contributed by atoms with van der Waals surface area (Å²) in [5.41, 5.74) is 5.81. The lowest BCUT2D eigenvalue weighted by atomic mass is 9.87. The molecule has 0 fully saturated rings. The van der Waals surface area contributed by atoms with Crippen molar-refractivity contribution >= 4 is 22.8 Å². The number of methoxy groups -OCH3 is 1. The van der Waals surface area contributed by atoms with E-state index in [0.717, 1.165) is 22.3 Å². The summed E-state index contributed by atoms with van der Waals surface area (Å²) in [6.45, 7) is 6.84. The second kappa shape index (κ2) is 11.3. The molecule has 3 aromatic carbocycles. The molecule has 3 heterocycles. The number of rotatable bonds is 8. The number of nitrogens with zero attached hydrogens (tertiary/aromatic N) is 4. The Morgan fingerprint density at radius 2 is 1.67 bits per heavy atom. The Morgan fingerprint density at radius 3 is 2.40 bits per heavy atom. The second-order valence-corrected chi connectivity index (χ2v) is 12.0. The van der Waals surface area contributed by atoms with E-state index in [4.69, 9.17) is 14.2 Å². The molecule has 8 nitrogen and oxygen atoms in total. The molecule has 42 heavy (non-hydrogen) atoms. The van der Waals surface area contributed by atoms with Crippen LogP contribution < -0.4 is 10.3 Å². The van der Waals surface area contributed by atoms with Crippen LogP contribution in [0.4, 0.5) is 0 Å². The third kappa shape index (κ3) is 5.47. The molecule has 212 valence electrons. The van der Waals surface area contributed by atoms with Gasteiger partial charge in [0.15, 0.2) is 5.16 Å². The van der Waals surface area contributed by atoms with Crippen LogP contribution in [0.3, 0.4) is 0 Å². The Balaban J connectivity index is 1.35. The number of aromatic nitrogens is 5. The molecule has 0 aliphatic heterocycles. The van der Waals surface area contributed by atoms with E-state index in [1.54, 1.807) is 11.7 Å². The highest BCUT2D eigenvalue weighted by molar-refractivity contribution is 7.98. The van der Waals surface area contributed by atoms with Gasteiger partial charge in [-0.15, -0.1) is 0 Å². The first-order valence-corrected chi connectivity index (χ1v) is 14.7. The Hall–Kier alpha value is -4.63. The molecule has 0 saturated heterocycles. The van der Waals surface area contributed by atoms with Crippen molar-refractivity contribution in [1.29, 1.82) is 0 Å². The molecule has 9 heteroatoms. The van der Waals surface area contributed by atoms with E-state index in [1.165, 1.54) is 17.3 Å². The van der Waals surface area contributed by atoms with Gasteiger partial charge in [0.05, 0.1) is 19.4 Å². The highest BCUT2D eigenvalue weighted by Gasteiger charge is 2.20. The van der Waals surface area contributed by atoms with E-state index >= 15 is 0 Å². The van der Waals surface area contributed by atoms with Gasteiger partial charge < -0.3 is 14.2 Å². The summed E-state index contributed by atoms with van der Waals surface area (Å²) < 4.78 is 12.8. The van der Waals surface area contributed by atoms with Crippen molar-refractivity contribution in [2.45, 2.75) is 43.6 Å². The maximum atomic E-state index is 13.9. The van der Waals surface area contributed by atoms with Crippen molar-refractivity contribution in [2.75, 3.05) is 7.11 Å². The monoisotopic (exact) mass is 577 g/mol. The zero-order valence-corrected chi connectivity index (χ0v) is 24.7. The Morgan fingerprint density at radius 1 is 0.929 bits per heavy atom. The number of aromatic amines is 1. The minimum Gasteiger partial charge on any atom is -0.496 e. The van der Waals surface area contributed by atoms with E-state index in [-0.39, 0.29) is 11.0 Å². The lowest BCUT2D eigenvalue weighted by Gasteiger charge is -2.18. The Labute approximate surface area is 247 Å². The van der Waals surface area contributed by atoms with Crippen molar-refractivity contribution in [3.8, 4) is 28.3 Å². The second-order valence-electron chi connectivity index (χ2n) is 11.0. The standard InChI is InChI=1S/C33H31N5O3S/c1-33(2,3)24-16-14-22(15-17-24)30-35-27(41-37-30)20-42-32-36-28-25(21-10-6-5-7-11-21)18-34-29(28)31(39)38(32)19-23-12-8-9-13-26(23)40-4/h5-18,34H,19-20H2,1-4H3. The van der Waals surface area contributed by atoms with Gasteiger partial charge in [-0.25, -0.2) is 4.98 Å². The van der Waals surface area contributed by atoms with Gasteiger partial charge in [0.2, 0.25) is 11.7 Å². The van der Waals surface area contributed by atoms with Gasteiger partial charge in [-0.3, -0.25) is 9.36 Å². The molecular weight excluding hydrogens is 546 g/mol. The van der Waals surface area contributed by atoms with Gasteiger partial charge in [-0.1, -0.05) is 110 Å². The minimum absolute atomic E-state index is 0.0606. The highest BCUT2D eigenvalue weighted by atomic mass is 32.2. The molecule has 0 saturated carbocycles. The van der Waals surface area contributed by atoms with E-state index in [9.17, 15) is 4.79 Å². The van der Waals surface area contributed by atoms with E-state index in [0.29, 0.717) is 46.0 Å². The summed E-state index contributed by atoms with van der Waals surface area (Å²) in [6, 6.07) is 25.8.